The number of nitrogens with zero attached hydrogens (tertiary/aromatic N) is 1. The molecule has 2 N–H and O–H groups in total. The van der Waals surface area contributed by atoms with E-state index in [0.717, 1.165) is 0 Å². The molecular formula is C7H6BrF3N2. The van der Waals surface area contributed by atoms with Gasteiger partial charge in [-0.25, -0.2) is 18.2 Å². The van der Waals surface area contributed by atoms with Gasteiger partial charge in [-0.2, -0.15) is 0 Å². The van der Waals surface area contributed by atoms with Gasteiger partial charge in [-0.15, -0.1) is 0 Å². The number of hydrogen-bond acceptors (Lipinski definition) is 2. The van der Waals surface area contributed by atoms with Gasteiger partial charge in [0.15, 0.2) is 0 Å². The molecule has 0 aliphatic rings. The standard InChI is InChI=1S/C7H6BrF3N2/c8-2-5-4(9)1-3(6(10)11)7(12)13-5/h1,6H,2H2,(H2,12,13). The lowest BCUT2D eigenvalue weighted by Crippen LogP contribution is -2.03. The number of nitrogens with two attached hydrogens (primary N) is 1. The van der Waals surface area contributed by atoms with Gasteiger partial charge in [0.05, 0.1) is 11.3 Å². The second kappa shape index (κ2) is 3.95. The average Bonchev–Trinajstić information content (AvgIpc) is 2.07. The first-order valence-electron chi connectivity index (χ1n) is 3.35. The minimum Gasteiger partial charge on any atom is -0.383 e. The fourth-order valence-electron chi connectivity index (χ4n) is 0.826. The Morgan fingerprint density at radius 3 is 2.62 bits per heavy atom. The van der Waals surface area contributed by atoms with Crippen molar-refractivity contribution < 1.29 is 13.2 Å². The van der Waals surface area contributed by atoms with Crippen LogP contribution in [0.4, 0.5) is 19.0 Å². The van der Waals surface area contributed by atoms with Crippen LogP contribution in [0.15, 0.2) is 6.07 Å². The molecule has 0 aliphatic carbocycles. The molecule has 0 spiro atoms. The molecule has 0 atom stereocenters. The van der Waals surface area contributed by atoms with Crippen LogP contribution in [0.25, 0.3) is 0 Å². The summed E-state index contributed by atoms with van der Waals surface area (Å²) in [5.41, 5.74) is 4.65. The van der Waals surface area contributed by atoms with Crippen LogP contribution in [0.1, 0.15) is 17.7 Å². The molecule has 72 valence electrons. The second-order valence-corrected chi connectivity index (χ2v) is 2.89. The van der Waals surface area contributed by atoms with Crippen molar-refractivity contribution in [2.45, 2.75) is 11.8 Å². The number of nitrogen functional groups attached to an aromatic ring is 1. The maximum Gasteiger partial charge on any atom is 0.267 e. The lowest BCUT2D eigenvalue weighted by Gasteiger charge is -2.05. The van der Waals surface area contributed by atoms with Crippen molar-refractivity contribution >= 4 is 21.7 Å². The largest absolute Gasteiger partial charge is 0.383 e. The Kier molecular flexibility index (Phi) is 3.13. The third-order valence-corrected chi connectivity index (χ3v) is 2.00. The fraction of sp³-hybridized carbons (Fsp3) is 0.286. The third kappa shape index (κ3) is 2.12. The molecular weight excluding hydrogens is 249 g/mol. The molecule has 6 heteroatoms. The topological polar surface area (TPSA) is 38.9 Å². The zero-order valence-electron chi connectivity index (χ0n) is 6.40. The molecule has 0 saturated heterocycles. The van der Waals surface area contributed by atoms with E-state index in [-0.39, 0.29) is 16.8 Å². The van der Waals surface area contributed by atoms with Gasteiger partial charge in [0, 0.05) is 5.33 Å². The van der Waals surface area contributed by atoms with Crippen molar-refractivity contribution in [3.05, 3.63) is 23.1 Å². The number of anilines is 1. The van der Waals surface area contributed by atoms with E-state index in [9.17, 15) is 13.2 Å². The minimum atomic E-state index is -2.80. The van der Waals surface area contributed by atoms with E-state index in [1.807, 2.05) is 0 Å². The van der Waals surface area contributed by atoms with Crippen LogP contribution in [0.2, 0.25) is 0 Å². The Labute approximate surface area is 81.1 Å². The van der Waals surface area contributed by atoms with E-state index in [1.165, 1.54) is 0 Å². The number of hydrogen-bond donors (Lipinski definition) is 1. The SMILES string of the molecule is Nc1nc(CBr)c(F)cc1C(F)F. The summed E-state index contributed by atoms with van der Waals surface area (Å²) in [7, 11) is 0. The van der Waals surface area contributed by atoms with Crippen molar-refractivity contribution in [2.24, 2.45) is 0 Å². The molecule has 0 bridgehead atoms. The summed E-state index contributed by atoms with van der Waals surface area (Å²) in [6, 6.07) is 0.712. The average molecular weight is 255 g/mol. The maximum atomic E-state index is 12.9. The molecule has 0 radical (unpaired) electrons. The normalized spacial score (nSPS) is 10.8. The lowest BCUT2D eigenvalue weighted by molar-refractivity contribution is 0.151. The first-order chi connectivity index (χ1) is 6.06. The highest BCUT2D eigenvalue weighted by Gasteiger charge is 2.15. The highest BCUT2D eigenvalue weighted by atomic mass is 79.9. The molecule has 0 saturated carbocycles. The quantitative estimate of drug-likeness (QED) is 0.825. The van der Waals surface area contributed by atoms with Gasteiger partial charge in [0.2, 0.25) is 0 Å². The molecule has 0 fully saturated rings. The van der Waals surface area contributed by atoms with Gasteiger partial charge in [-0.05, 0) is 6.07 Å². The van der Waals surface area contributed by atoms with Crippen LogP contribution in [-0.2, 0) is 5.33 Å². The van der Waals surface area contributed by atoms with Gasteiger partial charge in [0.1, 0.15) is 11.6 Å². The highest BCUT2D eigenvalue weighted by Crippen LogP contribution is 2.25. The van der Waals surface area contributed by atoms with Crippen molar-refractivity contribution in [1.82, 2.24) is 4.98 Å². The Hall–Kier alpha value is -0.780. The number of rotatable bonds is 2. The van der Waals surface area contributed by atoms with E-state index in [2.05, 4.69) is 20.9 Å². The van der Waals surface area contributed by atoms with E-state index in [0.29, 0.717) is 6.07 Å². The van der Waals surface area contributed by atoms with Crippen molar-refractivity contribution in [3.8, 4) is 0 Å². The van der Waals surface area contributed by atoms with Gasteiger partial charge in [-0.1, -0.05) is 15.9 Å². The smallest absolute Gasteiger partial charge is 0.267 e. The maximum absolute atomic E-state index is 12.9. The van der Waals surface area contributed by atoms with Crippen molar-refractivity contribution in [2.75, 3.05) is 5.73 Å². The molecule has 0 aromatic carbocycles. The molecule has 0 unspecified atom stereocenters. The minimum absolute atomic E-state index is 0.0295. The van der Waals surface area contributed by atoms with Gasteiger partial charge >= 0.3 is 0 Å². The summed E-state index contributed by atoms with van der Waals surface area (Å²) in [4.78, 5) is 3.49. The summed E-state index contributed by atoms with van der Waals surface area (Å²) >= 11 is 2.96. The van der Waals surface area contributed by atoms with Crippen LogP contribution >= 0.6 is 15.9 Å². The summed E-state index contributed by atoms with van der Waals surface area (Å²) < 4.78 is 37.2. The fourth-order valence-corrected chi connectivity index (χ4v) is 1.22. The Balaban J connectivity index is 3.20. The van der Waals surface area contributed by atoms with Crippen molar-refractivity contribution in [3.63, 3.8) is 0 Å². The first kappa shape index (κ1) is 10.3. The second-order valence-electron chi connectivity index (χ2n) is 2.33. The predicted molar refractivity (Wildman–Crippen MR) is 46.2 cm³/mol. The van der Waals surface area contributed by atoms with Crippen LogP contribution in [0, 0.1) is 5.82 Å². The van der Waals surface area contributed by atoms with Gasteiger partial charge in [0.25, 0.3) is 6.43 Å². The molecule has 0 amide bonds. The predicted octanol–water partition coefficient (Wildman–Crippen LogP) is 2.64. The van der Waals surface area contributed by atoms with E-state index < -0.39 is 17.8 Å². The van der Waals surface area contributed by atoms with Crippen LogP contribution < -0.4 is 5.73 Å². The first-order valence-corrected chi connectivity index (χ1v) is 4.47. The zero-order valence-corrected chi connectivity index (χ0v) is 7.98. The molecule has 0 aliphatic heterocycles. The van der Waals surface area contributed by atoms with E-state index in [4.69, 9.17) is 5.73 Å². The van der Waals surface area contributed by atoms with E-state index in [1.54, 1.807) is 0 Å². The zero-order chi connectivity index (χ0) is 10.0. The summed E-state index contributed by atoms with van der Waals surface area (Å²) in [6.45, 7) is 0. The third-order valence-electron chi connectivity index (χ3n) is 1.47. The Bertz CT molecular complexity index is 317. The monoisotopic (exact) mass is 254 g/mol. The molecule has 1 aromatic rings. The summed E-state index contributed by atoms with van der Waals surface area (Å²) in [5, 5.41) is 0.145. The Morgan fingerprint density at radius 2 is 2.15 bits per heavy atom. The number of halogens is 4. The molecule has 2 nitrogen and oxygen atoms in total. The molecule has 1 rings (SSSR count). The number of alkyl halides is 3. The summed E-state index contributed by atoms with van der Waals surface area (Å²) in [5.74, 6) is -1.10. The van der Waals surface area contributed by atoms with Gasteiger partial charge < -0.3 is 5.73 Å². The van der Waals surface area contributed by atoms with Crippen molar-refractivity contribution in [1.29, 1.82) is 0 Å². The molecule has 1 aromatic heterocycles. The van der Waals surface area contributed by atoms with Crippen LogP contribution in [0.5, 0.6) is 0 Å². The number of aromatic nitrogens is 1. The highest BCUT2D eigenvalue weighted by molar-refractivity contribution is 9.08. The van der Waals surface area contributed by atoms with E-state index >= 15 is 0 Å². The lowest BCUT2D eigenvalue weighted by atomic mass is 10.2. The molecule has 13 heavy (non-hydrogen) atoms. The van der Waals surface area contributed by atoms with Crippen LogP contribution in [-0.4, -0.2) is 4.98 Å². The summed E-state index contributed by atoms with van der Waals surface area (Å²) in [6.07, 6.45) is -2.80. The Morgan fingerprint density at radius 1 is 1.54 bits per heavy atom. The molecule has 1 heterocycles. The van der Waals surface area contributed by atoms with Gasteiger partial charge in [-0.3, -0.25) is 0 Å². The van der Waals surface area contributed by atoms with Crippen LogP contribution in [0.3, 0.4) is 0 Å². The number of pyridine rings is 1.